The highest BCUT2D eigenvalue weighted by molar-refractivity contribution is 7.98. The van der Waals surface area contributed by atoms with Gasteiger partial charge in [-0.25, -0.2) is 10.1 Å². The number of carbonyl (C=O) groups excluding carboxylic acids is 1. The van der Waals surface area contributed by atoms with Crippen LogP contribution in [-0.2, 0) is 5.75 Å². The number of nitrogens with zero attached hydrogens (tertiary/aromatic N) is 3. The van der Waals surface area contributed by atoms with E-state index >= 15 is 0 Å². The van der Waals surface area contributed by atoms with E-state index in [9.17, 15) is 4.79 Å². The molecule has 0 fully saturated rings. The molecule has 128 valence electrons. The molecular formula is C16H16N6O2S. The molecule has 0 spiro atoms. The quantitative estimate of drug-likeness (QED) is 0.580. The Hall–Kier alpha value is -3.07. The van der Waals surface area contributed by atoms with E-state index in [1.165, 1.54) is 18.9 Å². The predicted molar refractivity (Wildman–Crippen MR) is 95.5 cm³/mol. The van der Waals surface area contributed by atoms with Gasteiger partial charge < -0.3 is 15.8 Å². The third-order valence-corrected chi connectivity index (χ3v) is 4.16. The first-order valence-electron chi connectivity index (χ1n) is 7.35. The number of thioether (sulfide) groups is 1. The molecule has 8 nitrogen and oxygen atoms in total. The monoisotopic (exact) mass is 356 g/mol. The third-order valence-electron chi connectivity index (χ3n) is 3.24. The summed E-state index contributed by atoms with van der Waals surface area (Å²) in [6, 6.07) is 10.8. The summed E-state index contributed by atoms with van der Waals surface area (Å²) >= 11 is 1.43. The standard InChI is InChI=1S/C16H16N6O2S/c1-24-13-6-5-12(8-18-13)19-14(23)11-4-2-3-10(7-11)9-25-16-20-15(17)21-22-16/h2-8H,9H2,1H3,(H,19,23)(H3,17,20,21,22). The average Bonchev–Trinajstić information content (AvgIpc) is 3.06. The molecule has 0 aliphatic carbocycles. The molecule has 0 bridgehead atoms. The Bertz CT molecular complexity index is 865. The number of H-pyrrole nitrogens is 1. The van der Waals surface area contributed by atoms with E-state index < -0.39 is 0 Å². The molecule has 0 saturated carbocycles. The second-order valence-corrected chi connectivity index (χ2v) is 5.98. The number of rotatable bonds is 6. The van der Waals surface area contributed by atoms with Crippen LogP contribution in [0, 0.1) is 0 Å². The number of aromatic nitrogens is 4. The first-order chi connectivity index (χ1) is 12.1. The first-order valence-corrected chi connectivity index (χ1v) is 8.33. The fraction of sp³-hybridized carbons (Fsp3) is 0.125. The largest absolute Gasteiger partial charge is 0.481 e. The van der Waals surface area contributed by atoms with Crippen molar-refractivity contribution in [1.82, 2.24) is 20.2 Å². The van der Waals surface area contributed by atoms with Gasteiger partial charge in [-0.2, -0.15) is 4.98 Å². The van der Waals surface area contributed by atoms with E-state index in [4.69, 9.17) is 10.5 Å². The number of carbonyl (C=O) groups is 1. The number of nitrogens with two attached hydrogens (primary N) is 1. The summed E-state index contributed by atoms with van der Waals surface area (Å²) in [5.41, 5.74) is 7.63. The number of hydrogen-bond donors (Lipinski definition) is 3. The number of ether oxygens (including phenoxy) is 1. The van der Waals surface area contributed by atoms with Gasteiger partial charge in [-0.05, 0) is 23.8 Å². The van der Waals surface area contributed by atoms with Gasteiger partial charge in [0.05, 0.1) is 19.0 Å². The number of hydrogen-bond acceptors (Lipinski definition) is 7. The minimum Gasteiger partial charge on any atom is -0.481 e. The van der Waals surface area contributed by atoms with E-state index in [0.717, 1.165) is 5.56 Å². The van der Waals surface area contributed by atoms with Crippen LogP contribution in [-0.4, -0.2) is 33.2 Å². The highest BCUT2D eigenvalue weighted by atomic mass is 32.2. The van der Waals surface area contributed by atoms with Crippen molar-refractivity contribution in [3.05, 3.63) is 53.7 Å². The molecule has 1 amide bonds. The van der Waals surface area contributed by atoms with Crippen LogP contribution < -0.4 is 15.8 Å². The van der Waals surface area contributed by atoms with Crippen LogP contribution in [0.2, 0.25) is 0 Å². The number of nitrogens with one attached hydrogen (secondary N) is 2. The summed E-state index contributed by atoms with van der Waals surface area (Å²) in [7, 11) is 1.54. The van der Waals surface area contributed by atoms with Gasteiger partial charge in [0.2, 0.25) is 17.0 Å². The third kappa shape index (κ3) is 4.48. The second-order valence-electron chi connectivity index (χ2n) is 5.04. The highest BCUT2D eigenvalue weighted by Gasteiger charge is 2.08. The topological polar surface area (TPSA) is 119 Å². The maximum atomic E-state index is 12.4. The van der Waals surface area contributed by atoms with Crippen molar-refractivity contribution in [2.75, 3.05) is 18.2 Å². The molecule has 25 heavy (non-hydrogen) atoms. The maximum Gasteiger partial charge on any atom is 0.255 e. The van der Waals surface area contributed by atoms with Gasteiger partial charge in [0.25, 0.3) is 5.91 Å². The molecule has 0 atom stereocenters. The van der Waals surface area contributed by atoms with Crippen molar-refractivity contribution in [1.29, 1.82) is 0 Å². The Kier molecular flexibility index (Phi) is 5.14. The average molecular weight is 356 g/mol. The zero-order chi connectivity index (χ0) is 17.6. The van der Waals surface area contributed by atoms with Gasteiger partial charge in [0.15, 0.2) is 0 Å². The lowest BCUT2D eigenvalue weighted by Gasteiger charge is -2.07. The van der Waals surface area contributed by atoms with Gasteiger partial charge >= 0.3 is 0 Å². The Morgan fingerprint density at radius 3 is 2.92 bits per heavy atom. The summed E-state index contributed by atoms with van der Waals surface area (Å²) in [6.45, 7) is 0. The zero-order valence-electron chi connectivity index (χ0n) is 13.4. The Morgan fingerprint density at radius 1 is 1.36 bits per heavy atom. The van der Waals surface area contributed by atoms with Crippen molar-refractivity contribution < 1.29 is 9.53 Å². The number of benzene rings is 1. The van der Waals surface area contributed by atoms with Crippen LogP contribution in [0.1, 0.15) is 15.9 Å². The number of amides is 1. The van der Waals surface area contributed by atoms with E-state index in [1.54, 1.807) is 24.4 Å². The molecule has 3 aromatic rings. The lowest BCUT2D eigenvalue weighted by atomic mass is 10.1. The summed E-state index contributed by atoms with van der Waals surface area (Å²) in [5, 5.41) is 9.92. The van der Waals surface area contributed by atoms with Crippen LogP contribution in [0.15, 0.2) is 47.8 Å². The minimum atomic E-state index is -0.207. The highest BCUT2D eigenvalue weighted by Crippen LogP contribution is 2.20. The van der Waals surface area contributed by atoms with Crippen molar-refractivity contribution in [3.8, 4) is 5.88 Å². The summed E-state index contributed by atoms with van der Waals surface area (Å²) in [6.07, 6.45) is 1.55. The molecule has 2 aromatic heterocycles. The number of methoxy groups -OCH3 is 1. The molecule has 0 unspecified atom stereocenters. The number of nitrogen functional groups attached to an aromatic ring is 1. The molecule has 9 heteroatoms. The smallest absolute Gasteiger partial charge is 0.255 e. The molecule has 0 aliphatic heterocycles. The second kappa shape index (κ2) is 7.67. The molecule has 1 aromatic carbocycles. The normalized spacial score (nSPS) is 10.4. The maximum absolute atomic E-state index is 12.4. The predicted octanol–water partition coefficient (Wildman–Crippen LogP) is 2.34. The van der Waals surface area contributed by atoms with Crippen LogP contribution in [0.5, 0.6) is 5.88 Å². The van der Waals surface area contributed by atoms with Gasteiger partial charge in [-0.1, -0.05) is 23.9 Å². The minimum absolute atomic E-state index is 0.207. The summed E-state index contributed by atoms with van der Waals surface area (Å²) < 4.78 is 4.99. The van der Waals surface area contributed by atoms with Crippen LogP contribution >= 0.6 is 11.8 Å². The fourth-order valence-corrected chi connectivity index (χ4v) is 2.80. The van der Waals surface area contributed by atoms with Crippen molar-refractivity contribution in [3.63, 3.8) is 0 Å². The van der Waals surface area contributed by atoms with Crippen LogP contribution in [0.25, 0.3) is 0 Å². The number of anilines is 2. The van der Waals surface area contributed by atoms with Crippen LogP contribution in [0.3, 0.4) is 0 Å². The van der Waals surface area contributed by atoms with Gasteiger partial charge in [-0.15, -0.1) is 5.10 Å². The van der Waals surface area contributed by atoms with Crippen LogP contribution in [0.4, 0.5) is 11.6 Å². The lowest BCUT2D eigenvalue weighted by molar-refractivity contribution is 0.102. The Labute approximate surface area is 148 Å². The molecule has 3 rings (SSSR count). The summed E-state index contributed by atoms with van der Waals surface area (Å²) in [4.78, 5) is 20.5. The molecular weight excluding hydrogens is 340 g/mol. The molecule has 0 aliphatic rings. The van der Waals surface area contributed by atoms with E-state index in [1.807, 2.05) is 18.2 Å². The SMILES string of the molecule is COc1ccc(NC(=O)c2cccc(CSc3n[nH]c(N)n3)c2)cn1. The Morgan fingerprint density at radius 2 is 2.24 bits per heavy atom. The van der Waals surface area contributed by atoms with Crippen molar-refractivity contribution >= 4 is 29.3 Å². The Balaban J connectivity index is 1.64. The fourth-order valence-electron chi connectivity index (χ4n) is 2.05. The van der Waals surface area contributed by atoms with Crippen molar-refractivity contribution in [2.45, 2.75) is 10.9 Å². The van der Waals surface area contributed by atoms with E-state index in [0.29, 0.717) is 28.0 Å². The molecule has 2 heterocycles. The van der Waals surface area contributed by atoms with Gasteiger partial charge in [0, 0.05) is 17.4 Å². The lowest BCUT2D eigenvalue weighted by Crippen LogP contribution is -2.12. The van der Waals surface area contributed by atoms with E-state index in [-0.39, 0.29) is 11.9 Å². The number of pyridine rings is 1. The van der Waals surface area contributed by atoms with Gasteiger partial charge in [0.1, 0.15) is 0 Å². The zero-order valence-corrected chi connectivity index (χ0v) is 14.2. The molecule has 0 radical (unpaired) electrons. The summed E-state index contributed by atoms with van der Waals surface area (Å²) in [5.74, 6) is 1.19. The first kappa shape index (κ1) is 16.8. The number of aromatic amines is 1. The van der Waals surface area contributed by atoms with Crippen molar-refractivity contribution in [2.24, 2.45) is 0 Å². The molecule has 0 saturated heterocycles. The molecule has 4 N–H and O–H groups in total. The van der Waals surface area contributed by atoms with Gasteiger partial charge in [-0.3, -0.25) is 4.79 Å². The van der Waals surface area contributed by atoms with E-state index in [2.05, 4.69) is 25.5 Å².